The quantitative estimate of drug-likeness (QED) is 0.177. The van der Waals surface area contributed by atoms with Crippen LogP contribution in [0, 0.1) is 0 Å². The second-order valence-corrected chi connectivity index (χ2v) is 13.9. The molecule has 3 heteroatoms. The molecule has 1 nitrogen and oxygen atoms in total. The minimum Gasteiger partial charge on any atom is -0.310 e. The van der Waals surface area contributed by atoms with Gasteiger partial charge in [-0.2, -0.15) is 0 Å². The fraction of sp³-hybridized carbons (Fsp3) is 0.143. The van der Waals surface area contributed by atoms with Crippen molar-refractivity contribution in [3.63, 3.8) is 0 Å². The van der Waals surface area contributed by atoms with E-state index in [0.29, 0.717) is 10.0 Å². The van der Waals surface area contributed by atoms with Crippen LogP contribution in [-0.4, -0.2) is 0 Å². The van der Waals surface area contributed by atoms with Crippen LogP contribution in [0.5, 0.6) is 0 Å². The lowest BCUT2D eigenvalue weighted by Gasteiger charge is -2.42. The Morgan fingerprint density at radius 1 is 0.489 bits per heavy atom. The Labute approximate surface area is 274 Å². The van der Waals surface area contributed by atoms with E-state index >= 15 is 0 Å². The van der Waals surface area contributed by atoms with Crippen molar-refractivity contribution in [1.29, 1.82) is 0 Å². The van der Waals surface area contributed by atoms with Crippen LogP contribution in [0.3, 0.4) is 0 Å². The van der Waals surface area contributed by atoms with Crippen LogP contribution in [0.15, 0.2) is 127 Å². The predicted molar refractivity (Wildman–Crippen MR) is 188 cm³/mol. The third-order valence-corrected chi connectivity index (χ3v) is 11.3. The third kappa shape index (κ3) is 3.57. The monoisotopic (exact) mass is 619 g/mol. The summed E-state index contributed by atoms with van der Waals surface area (Å²) in [5.74, 6) is 0. The van der Waals surface area contributed by atoms with Gasteiger partial charge in [0.2, 0.25) is 0 Å². The van der Waals surface area contributed by atoms with E-state index in [4.69, 9.17) is 23.2 Å². The second-order valence-electron chi connectivity index (χ2n) is 13.1. The molecule has 0 bridgehead atoms. The highest BCUT2D eigenvalue weighted by Gasteiger charge is 2.49. The van der Waals surface area contributed by atoms with Gasteiger partial charge in [0, 0.05) is 11.1 Å². The minimum atomic E-state index is -0.535. The first-order valence-corrected chi connectivity index (χ1v) is 16.5. The van der Waals surface area contributed by atoms with Crippen molar-refractivity contribution >= 4 is 40.3 Å². The number of hydrogen-bond acceptors (Lipinski definition) is 1. The van der Waals surface area contributed by atoms with Crippen molar-refractivity contribution in [1.82, 2.24) is 0 Å². The molecule has 45 heavy (non-hydrogen) atoms. The molecule has 3 aliphatic rings. The number of benzene rings is 6. The normalized spacial score (nSPS) is 16.1. The average molecular weight is 621 g/mol. The minimum absolute atomic E-state index is 0.116. The molecule has 0 saturated heterocycles. The van der Waals surface area contributed by atoms with Crippen LogP contribution in [-0.2, 0) is 23.7 Å². The first kappa shape index (κ1) is 27.0. The van der Waals surface area contributed by atoms with E-state index in [1.807, 2.05) is 0 Å². The summed E-state index contributed by atoms with van der Waals surface area (Å²) in [6.45, 7) is 4.68. The van der Waals surface area contributed by atoms with Gasteiger partial charge in [-0.15, -0.1) is 0 Å². The molecule has 0 fully saturated rings. The van der Waals surface area contributed by atoms with Crippen molar-refractivity contribution in [2.75, 3.05) is 4.90 Å². The number of fused-ring (bicyclic) bond motifs is 11. The van der Waals surface area contributed by atoms with E-state index in [9.17, 15) is 0 Å². The van der Waals surface area contributed by atoms with Crippen LogP contribution in [0.25, 0.3) is 11.1 Å². The van der Waals surface area contributed by atoms with Gasteiger partial charge in [-0.1, -0.05) is 128 Å². The molecule has 0 unspecified atom stereocenters. The Bertz CT molecular complexity index is 2100. The maximum atomic E-state index is 6.89. The summed E-state index contributed by atoms with van der Waals surface area (Å²) in [5, 5.41) is 1.21. The average Bonchev–Trinajstić information content (AvgIpc) is 3.29. The Morgan fingerprint density at radius 2 is 0.978 bits per heavy atom. The van der Waals surface area contributed by atoms with E-state index in [1.54, 1.807) is 0 Å². The predicted octanol–water partition coefficient (Wildman–Crippen LogP) is 11.6. The van der Waals surface area contributed by atoms with Crippen LogP contribution < -0.4 is 4.90 Å². The van der Waals surface area contributed by atoms with Gasteiger partial charge in [-0.3, -0.25) is 0 Å². The molecule has 0 amide bonds. The molecular weight excluding hydrogens is 589 g/mol. The van der Waals surface area contributed by atoms with Crippen molar-refractivity contribution in [3.05, 3.63) is 182 Å². The van der Waals surface area contributed by atoms with Crippen LogP contribution in [0.4, 0.5) is 17.1 Å². The SMILES string of the molecule is CC1(C)c2ccccc2N(c2ccc3c(c2)C2(c4cc(Cl)c(Cl)cc4CC3)c3ccccc3-c3ccccc32)c2ccccc21. The molecule has 2 aliphatic carbocycles. The molecule has 6 aromatic carbocycles. The Morgan fingerprint density at radius 3 is 1.60 bits per heavy atom. The largest absolute Gasteiger partial charge is 0.310 e. The second kappa shape index (κ2) is 9.60. The van der Waals surface area contributed by atoms with Gasteiger partial charge >= 0.3 is 0 Å². The summed E-state index contributed by atoms with van der Waals surface area (Å²) < 4.78 is 0. The molecule has 0 atom stereocenters. The summed E-state index contributed by atoms with van der Waals surface area (Å²) in [4.78, 5) is 2.47. The fourth-order valence-electron chi connectivity index (χ4n) is 8.59. The van der Waals surface area contributed by atoms with Gasteiger partial charge in [0.25, 0.3) is 0 Å². The van der Waals surface area contributed by atoms with E-state index in [2.05, 4.69) is 146 Å². The Balaban J connectivity index is 1.40. The number of para-hydroxylation sites is 2. The highest BCUT2D eigenvalue weighted by atomic mass is 35.5. The Hall–Kier alpha value is -4.30. The van der Waals surface area contributed by atoms with Crippen molar-refractivity contribution < 1.29 is 0 Å². The zero-order valence-corrected chi connectivity index (χ0v) is 26.8. The van der Waals surface area contributed by atoms with Gasteiger partial charge in [-0.05, 0) is 105 Å². The summed E-state index contributed by atoms with van der Waals surface area (Å²) in [7, 11) is 0. The molecular formula is C42H31Cl2N. The summed E-state index contributed by atoms with van der Waals surface area (Å²) in [6, 6.07) is 47.0. The number of nitrogens with zero attached hydrogens (tertiary/aromatic N) is 1. The number of rotatable bonds is 1. The van der Waals surface area contributed by atoms with Crippen LogP contribution >= 0.6 is 23.2 Å². The molecule has 0 saturated carbocycles. The van der Waals surface area contributed by atoms with E-state index in [-0.39, 0.29) is 5.41 Å². The first-order valence-electron chi connectivity index (χ1n) is 15.7. The van der Waals surface area contributed by atoms with E-state index in [0.717, 1.165) is 18.5 Å². The molecule has 6 aromatic rings. The number of halogens is 2. The van der Waals surface area contributed by atoms with Crippen molar-refractivity contribution in [2.45, 2.75) is 37.5 Å². The summed E-state index contributed by atoms with van der Waals surface area (Å²) in [6.07, 6.45) is 1.82. The lowest BCUT2D eigenvalue weighted by atomic mass is 9.66. The fourth-order valence-corrected chi connectivity index (χ4v) is 8.94. The highest BCUT2D eigenvalue weighted by Crippen LogP contribution is 2.60. The van der Waals surface area contributed by atoms with E-state index in [1.165, 1.54) is 67.0 Å². The van der Waals surface area contributed by atoms with Gasteiger partial charge in [-0.25, -0.2) is 0 Å². The maximum Gasteiger partial charge on any atom is 0.0720 e. The molecule has 218 valence electrons. The molecule has 1 spiro atoms. The molecule has 1 aliphatic heterocycles. The van der Waals surface area contributed by atoms with Crippen LogP contribution in [0.2, 0.25) is 10.0 Å². The molecule has 0 radical (unpaired) electrons. The van der Waals surface area contributed by atoms with Gasteiger partial charge in [0.1, 0.15) is 0 Å². The topological polar surface area (TPSA) is 3.24 Å². The highest BCUT2D eigenvalue weighted by molar-refractivity contribution is 6.42. The molecule has 0 N–H and O–H groups in total. The van der Waals surface area contributed by atoms with Crippen LogP contribution in [0.1, 0.15) is 58.4 Å². The number of aryl methyl sites for hydroxylation is 2. The third-order valence-electron chi connectivity index (χ3n) is 10.6. The van der Waals surface area contributed by atoms with Gasteiger partial charge in [0.15, 0.2) is 0 Å². The Kier molecular flexibility index (Phi) is 5.77. The number of hydrogen-bond donors (Lipinski definition) is 0. The zero-order chi connectivity index (χ0) is 30.5. The smallest absolute Gasteiger partial charge is 0.0720 e. The number of anilines is 3. The lowest BCUT2D eigenvalue weighted by Crippen LogP contribution is -2.32. The standard InChI is InChI=1S/C42H31Cl2N/c1-41(2)33-15-7-9-17-39(33)45(40-18-10-8-16-34(40)41)28-22-21-26-19-20-27-23-37(43)38(44)25-36(27)42(35(26)24-28)31-13-5-3-11-29(31)30-12-4-6-14-32(30)42/h3-18,21-25H,19-20H2,1-2H3. The van der Waals surface area contributed by atoms with E-state index < -0.39 is 5.41 Å². The molecule has 0 aromatic heterocycles. The van der Waals surface area contributed by atoms with Gasteiger partial charge in [0.05, 0.1) is 26.8 Å². The molecule has 9 rings (SSSR count). The van der Waals surface area contributed by atoms with Gasteiger partial charge < -0.3 is 4.90 Å². The van der Waals surface area contributed by atoms with Crippen molar-refractivity contribution in [3.8, 4) is 11.1 Å². The summed E-state index contributed by atoms with van der Waals surface area (Å²) in [5.41, 5.74) is 15.9. The zero-order valence-electron chi connectivity index (χ0n) is 25.2. The lowest BCUT2D eigenvalue weighted by molar-refractivity contribution is 0.632. The first-order chi connectivity index (χ1) is 21.9. The summed E-state index contributed by atoms with van der Waals surface area (Å²) >= 11 is 13.6. The molecule has 1 heterocycles. The maximum absolute atomic E-state index is 6.89. The van der Waals surface area contributed by atoms with Crippen molar-refractivity contribution in [2.24, 2.45) is 0 Å².